The number of anilines is 1. The van der Waals surface area contributed by atoms with Gasteiger partial charge in [0.05, 0.1) is 11.6 Å². The van der Waals surface area contributed by atoms with Crippen molar-refractivity contribution in [2.24, 2.45) is 10.7 Å². The van der Waals surface area contributed by atoms with Crippen LogP contribution in [0.15, 0.2) is 23.2 Å². The van der Waals surface area contributed by atoms with Crippen molar-refractivity contribution in [3.63, 3.8) is 0 Å². The van der Waals surface area contributed by atoms with Crippen molar-refractivity contribution < 1.29 is 4.79 Å². The van der Waals surface area contributed by atoms with Crippen LogP contribution in [-0.2, 0) is 4.79 Å². The van der Waals surface area contributed by atoms with Gasteiger partial charge in [-0.3, -0.25) is 4.79 Å². The molecule has 1 rings (SSSR count). The number of carbonyl (C=O) groups is 1. The van der Waals surface area contributed by atoms with E-state index in [0.717, 1.165) is 16.9 Å². The highest BCUT2D eigenvalue weighted by Crippen LogP contribution is 2.22. The van der Waals surface area contributed by atoms with Crippen LogP contribution in [0.3, 0.4) is 0 Å². The number of aliphatic imine (C=N–C) groups is 1. The molecule has 1 aromatic rings. The van der Waals surface area contributed by atoms with E-state index in [4.69, 9.17) is 17.3 Å². The van der Waals surface area contributed by atoms with E-state index >= 15 is 0 Å². The van der Waals surface area contributed by atoms with E-state index in [-0.39, 0.29) is 11.8 Å². The number of amidine groups is 1. The van der Waals surface area contributed by atoms with Crippen molar-refractivity contribution in [3.8, 4) is 0 Å². The summed E-state index contributed by atoms with van der Waals surface area (Å²) in [6.45, 7) is 3.36. The first-order valence-electron chi connectivity index (χ1n) is 4.80. The summed E-state index contributed by atoms with van der Waals surface area (Å²) < 4.78 is 0. The number of alkyl halides is 1. The van der Waals surface area contributed by atoms with Crippen molar-refractivity contribution >= 4 is 34.7 Å². The molecule has 3 N–H and O–H groups in total. The van der Waals surface area contributed by atoms with E-state index in [1.54, 1.807) is 12.1 Å². The van der Waals surface area contributed by atoms with Crippen molar-refractivity contribution in [2.45, 2.75) is 13.8 Å². The second-order valence-electron chi connectivity index (χ2n) is 3.42. The highest BCUT2D eigenvalue weighted by molar-refractivity contribution is 6.28. The second-order valence-corrected chi connectivity index (χ2v) is 3.69. The number of halogens is 1. The highest BCUT2D eigenvalue weighted by Gasteiger charge is 2.01. The first kappa shape index (κ1) is 12.5. The number of benzene rings is 1. The number of hydrogen-bond donors (Lipinski definition) is 2. The van der Waals surface area contributed by atoms with Crippen LogP contribution in [0.4, 0.5) is 11.4 Å². The number of rotatable bonds is 3. The van der Waals surface area contributed by atoms with Gasteiger partial charge in [-0.1, -0.05) is 0 Å². The summed E-state index contributed by atoms with van der Waals surface area (Å²) >= 11 is 5.54. The highest BCUT2D eigenvalue weighted by atomic mass is 35.5. The Kier molecular flexibility index (Phi) is 4.31. The average Bonchev–Trinajstić information content (AvgIpc) is 2.21. The van der Waals surface area contributed by atoms with E-state index in [9.17, 15) is 4.79 Å². The smallest absolute Gasteiger partial charge is 0.221 e. The Morgan fingerprint density at radius 1 is 1.56 bits per heavy atom. The van der Waals surface area contributed by atoms with Gasteiger partial charge < -0.3 is 11.1 Å². The fraction of sp³-hybridized carbons (Fsp3) is 0.273. The zero-order valence-corrected chi connectivity index (χ0v) is 10.0. The molecule has 4 nitrogen and oxygen atoms in total. The minimum Gasteiger partial charge on any atom is -0.386 e. The lowest BCUT2D eigenvalue weighted by Crippen LogP contribution is -2.12. The Morgan fingerprint density at radius 2 is 2.25 bits per heavy atom. The summed E-state index contributed by atoms with van der Waals surface area (Å²) in [5, 5.41) is 2.70. The maximum Gasteiger partial charge on any atom is 0.221 e. The molecule has 0 aliphatic rings. The van der Waals surface area contributed by atoms with Crippen LogP contribution in [-0.4, -0.2) is 17.6 Å². The first-order valence-corrected chi connectivity index (χ1v) is 5.33. The molecule has 0 fully saturated rings. The molecular weight excluding hydrogens is 226 g/mol. The van der Waals surface area contributed by atoms with Gasteiger partial charge in [-0.05, 0) is 30.7 Å². The Balaban J connectivity index is 2.96. The predicted molar refractivity (Wildman–Crippen MR) is 67.5 cm³/mol. The van der Waals surface area contributed by atoms with E-state index in [1.807, 2.05) is 13.0 Å². The molecule has 0 heterocycles. The third kappa shape index (κ3) is 3.55. The van der Waals surface area contributed by atoms with E-state index < -0.39 is 0 Å². The Labute approximate surface area is 99.5 Å². The van der Waals surface area contributed by atoms with E-state index in [2.05, 4.69) is 10.3 Å². The topological polar surface area (TPSA) is 67.5 Å². The van der Waals surface area contributed by atoms with Gasteiger partial charge in [-0.25, -0.2) is 4.99 Å². The molecule has 86 valence electrons. The minimum absolute atomic E-state index is 0.101. The number of carbonyl (C=O) groups excluding carboxylic acids is 1. The Hall–Kier alpha value is -1.55. The van der Waals surface area contributed by atoms with Crippen LogP contribution < -0.4 is 11.1 Å². The van der Waals surface area contributed by atoms with Crippen LogP contribution in [0.5, 0.6) is 0 Å². The quantitative estimate of drug-likeness (QED) is 0.482. The largest absolute Gasteiger partial charge is 0.386 e. The number of nitrogens with zero attached hydrogens (tertiary/aromatic N) is 1. The summed E-state index contributed by atoms with van der Waals surface area (Å²) in [7, 11) is 0. The van der Waals surface area contributed by atoms with Crippen LogP contribution >= 0.6 is 11.6 Å². The second kappa shape index (κ2) is 5.51. The van der Waals surface area contributed by atoms with Gasteiger partial charge in [-0.2, -0.15) is 0 Å². The summed E-state index contributed by atoms with van der Waals surface area (Å²) in [5.41, 5.74) is 7.97. The molecule has 0 saturated carbocycles. The van der Waals surface area contributed by atoms with E-state index in [1.165, 1.54) is 6.92 Å². The molecular formula is C11H14ClN3O. The Bertz CT molecular complexity index is 429. The molecule has 1 amide bonds. The molecule has 0 spiro atoms. The summed E-state index contributed by atoms with van der Waals surface area (Å²) in [6.07, 6.45) is 0. The first-order chi connectivity index (χ1) is 7.52. The standard InChI is InChI=1S/C11H14ClN3O/c1-7-5-9(14-8(2)16)3-4-10(7)15-11(13)6-12/h3-5H,6H2,1-2H3,(H2,13,15)(H,14,16). The van der Waals surface area contributed by atoms with Crippen molar-refractivity contribution in [2.75, 3.05) is 11.2 Å². The summed E-state index contributed by atoms with van der Waals surface area (Å²) in [4.78, 5) is 15.0. The van der Waals surface area contributed by atoms with Gasteiger partial charge in [0, 0.05) is 12.6 Å². The van der Waals surface area contributed by atoms with Gasteiger partial charge in [0.2, 0.25) is 5.91 Å². The van der Waals surface area contributed by atoms with Crippen LogP contribution in [0.1, 0.15) is 12.5 Å². The summed E-state index contributed by atoms with van der Waals surface area (Å²) in [6, 6.07) is 5.40. The lowest BCUT2D eigenvalue weighted by Gasteiger charge is -2.06. The molecule has 0 unspecified atom stereocenters. The zero-order valence-electron chi connectivity index (χ0n) is 9.25. The van der Waals surface area contributed by atoms with Gasteiger partial charge >= 0.3 is 0 Å². The van der Waals surface area contributed by atoms with Gasteiger partial charge in [0.15, 0.2) is 0 Å². The SMILES string of the molecule is CC(=O)Nc1ccc(N=C(N)CCl)c(C)c1. The average molecular weight is 240 g/mol. The number of aryl methyl sites for hydroxylation is 1. The predicted octanol–water partition coefficient (Wildman–Crippen LogP) is 2.18. The fourth-order valence-electron chi connectivity index (χ4n) is 1.25. The molecule has 16 heavy (non-hydrogen) atoms. The molecule has 1 aromatic carbocycles. The zero-order chi connectivity index (χ0) is 12.1. The van der Waals surface area contributed by atoms with Crippen LogP contribution in [0.2, 0.25) is 0 Å². The lowest BCUT2D eigenvalue weighted by molar-refractivity contribution is -0.114. The maximum absolute atomic E-state index is 10.9. The third-order valence-corrected chi connectivity index (χ3v) is 2.19. The molecule has 0 radical (unpaired) electrons. The number of nitrogens with one attached hydrogen (secondary N) is 1. The number of hydrogen-bond acceptors (Lipinski definition) is 2. The Morgan fingerprint density at radius 3 is 2.75 bits per heavy atom. The summed E-state index contributed by atoms with van der Waals surface area (Å²) in [5.74, 6) is 0.473. The maximum atomic E-state index is 10.9. The van der Waals surface area contributed by atoms with E-state index in [0.29, 0.717) is 5.84 Å². The lowest BCUT2D eigenvalue weighted by atomic mass is 10.2. The van der Waals surface area contributed by atoms with Crippen molar-refractivity contribution in [1.29, 1.82) is 0 Å². The molecule has 0 aliphatic heterocycles. The molecule has 0 aromatic heterocycles. The molecule has 0 bridgehead atoms. The third-order valence-electron chi connectivity index (χ3n) is 1.92. The minimum atomic E-state index is -0.101. The number of amides is 1. The van der Waals surface area contributed by atoms with Crippen molar-refractivity contribution in [1.82, 2.24) is 0 Å². The fourth-order valence-corrected chi connectivity index (χ4v) is 1.31. The van der Waals surface area contributed by atoms with Gasteiger partial charge in [0.1, 0.15) is 5.84 Å². The van der Waals surface area contributed by atoms with Crippen molar-refractivity contribution in [3.05, 3.63) is 23.8 Å². The monoisotopic (exact) mass is 239 g/mol. The van der Waals surface area contributed by atoms with Gasteiger partial charge in [-0.15, -0.1) is 11.6 Å². The molecule has 0 saturated heterocycles. The molecule has 0 atom stereocenters. The van der Waals surface area contributed by atoms with Crippen LogP contribution in [0.25, 0.3) is 0 Å². The number of nitrogens with two attached hydrogens (primary N) is 1. The molecule has 0 aliphatic carbocycles. The van der Waals surface area contributed by atoms with Gasteiger partial charge in [0.25, 0.3) is 0 Å². The normalized spacial score (nSPS) is 11.3. The molecule has 5 heteroatoms. The van der Waals surface area contributed by atoms with Crippen LogP contribution in [0, 0.1) is 6.92 Å².